The van der Waals surface area contributed by atoms with E-state index in [0.717, 1.165) is 61.7 Å². The molecule has 3 heterocycles. The average Bonchev–Trinajstić information content (AvgIpc) is 3.24. The molecular formula is C27H42FN5. The summed E-state index contributed by atoms with van der Waals surface area (Å²) in [6.07, 6.45) is 18.6. The van der Waals surface area contributed by atoms with Gasteiger partial charge >= 0.3 is 0 Å². The smallest absolute Gasteiger partial charge is 0.180 e. The molecule has 0 saturated carbocycles. The molecule has 0 radical (unpaired) electrons. The lowest BCUT2D eigenvalue weighted by molar-refractivity contribution is 0.360. The van der Waals surface area contributed by atoms with Crippen LogP contribution in [0.3, 0.4) is 0 Å². The van der Waals surface area contributed by atoms with Gasteiger partial charge in [-0.2, -0.15) is 0 Å². The summed E-state index contributed by atoms with van der Waals surface area (Å²) in [6, 6.07) is 0. The maximum atomic E-state index is 11.7. The molecule has 1 aromatic rings. The number of allylic oxidation sites excluding steroid dienone is 7. The fourth-order valence-electron chi connectivity index (χ4n) is 3.22. The molecule has 0 aromatic carbocycles. The van der Waals surface area contributed by atoms with Crippen LogP contribution in [0, 0.1) is 6.92 Å². The quantitative estimate of drug-likeness (QED) is 0.496. The van der Waals surface area contributed by atoms with Crippen molar-refractivity contribution in [3.63, 3.8) is 0 Å². The second kappa shape index (κ2) is 17.0. The topological polar surface area (TPSA) is 44.6 Å². The molecule has 0 atom stereocenters. The molecule has 1 fully saturated rings. The molecule has 6 heteroatoms. The summed E-state index contributed by atoms with van der Waals surface area (Å²) in [7, 11) is 2.18. The third-order valence-electron chi connectivity index (χ3n) is 5.10. The molecule has 0 spiro atoms. The van der Waals surface area contributed by atoms with E-state index in [1.54, 1.807) is 6.92 Å². The summed E-state index contributed by atoms with van der Waals surface area (Å²) in [5.74, 6) is 1.76. The Labute approximate surface area is 200 Å². The molecule has 0 aliphatic carbocycles. The summed E-state index contributed by atoms with van der Waals surface area (Å²) >= 11 is 0. The molecule has 2 aliphatic rings. The summed E-state index contributed by atoms with van der Waals surface area (Å²) in [5.41, 5.74) is 2.78. The zero-order valence-corrected chi connectivity index (χ0v) is 21.4. The molecular weight excluding hydrogens is 413 g/mol. The van der Waals surface area contributed by atoms with Crippen molar-refractivity contribution < 1.29 is 4.39 Å². The Hall–Kier alpha value is -2.60. The molecule has 2 aliphatic heterocycles. The number of nitrogens with zero attached hydrogens (tertiary/aromatic N) is 5. The lowest BCUT2D eigenvalue weighted by atomic mass is 10.2. The third-order valence-corrected chi connectivity index (χ3v) is 5.10. The van der Waals surface area contributed by atoms with Gasteiger partial charge in [-0.05, 0) is 58.9 Å². The van der Waals surface area contributed by atoms with Crippen LogP contribution in [-0.2, 0) is 0 Å². The summed E-state index contributed by atoms with van der Waals surface area (Å²) in [5, 5.41) is 0. The minimum atomic E-state index is -0.322. The number of alkyl halides is 1. The molecule has 0 amide bonds. The second-order valence-electron chi connectivity index (χ2n) is 7.86. The number of halogens is 1. The van der Waals surface area contributed by atoms with Gasteiger partial charge in [-0.1, -0.05) is 44.2 Å². The van der Waals surface area contributed by atoms with E-state index in [1.165, 1.54) is 6.42 Å². The minimum absolute atomic E-state index is 0.322. The van der Waals surface area contributed by atoms with Gasteiger partial charge in [-0.3, -0.25) is 4.99 Å². The first kappa shape index (κ1) is 28.4. The predicted molar refractivity (Wildman–Crippen MR) is 142 cm³/mol. The number of rotatable bonds is 5. The van der Waals surface area contributed by atoms with Crippen LogP contribution in [0.15, 0.2) is 53.2 Å². The SMILES string of the molecule is C/C=C\C/C=C(/C)CF.CC.Cc1cnc(C2=CC=CCC=N2)nc1N1CCCN(C)CC1. The molecule has 33 heavy (non-hydrogen) atoms. The van der Waals surface area contributed by atoms with Crippen molar-refractivity contribution in [2.45, 2.75) is 53.9 Å². The Kier molecular flexibility index (Phi) is 14.6. The van der Waals surface area contributed by atoms with Gasteiger partial charge in [-0.15, -0.1) is 0 Å². The normalized spacial score (nSPS) is 16.9. The van der Waals surface area contributed by atoms with Gasteiger partial charge in [-0.25, -0.2) is 14.4 Å². The van der Waals surface area contributed by atoms with Gasteiger partial charge in [0, 0.05) is 44.0 Å². The monoisotopic (exact) mass is 455 g/mol. The predicted octanol–water partition coefficient (Wildman–Crippen LogP) is 6.19. The third kappa shape index (κ3) is 10.7. The lowest BCUT2D eigenvalue weighted by Gasteiger charge is -2.23. The van der Waals surface area contributed by atoms with Crippen molar-refractivity contribution in [2.24, 2.45) is 4.99 Å². The van der Waals surface area contributed by atoms with Crippen molar-refractivity contribution in [1.29, 1.82) is 0 Å². The Morgan fingerprint density at radius 2 is 1.97 bits per heavy atom. The molecule has 182 valence electrons. The zero-order chi connectivity index (χ0) is 24.5. The van der Waals surface area contributed by atoms with Crippen LogP contribution in [0.1, 0.15) is 58.3 Å². The molecule has 0 bridgehead atoms. The van der Waals surface area contributed by atoms with Gasteiger partial charge in [0.1, 0.15) is 18.2 Å². The number of aryl methyl sites for hydroxylation is 1. The molecule has 1 aromatic heterocycles. The van der Waals surface area contributed by atoms with Crippen LogP contribution in [0.5, 0.6) is 0 Å². The van der Waals surface area contributed by atoms with Gasteiger partial charge in [0.05, 0.1) is 0 Å². The maximum absolute atomic E-state index is 11.7. The number of aromatic nitrogens is 2. The zero-order valence-electron chi connectivity index (χ0n) is 21.4. The summed E-state index contributed by atoms with van der Waals surface area (Å²) < 4.78 is 11.7. The fraction of sp³-hybridized carbons (Fsp3) is 0.519. The second-order valence-corrected chi connectivity index (χ2v) is 7.86. The van der Waals surface area contributed by atoms with E-state index in [0.29, 0.717) is 5.82 Å². The summed E-state index contributed by atoms with van der Waals surface area (Å²) in [4.78, 5) is 18.5. The number of anilines is 1. The highest BCUT2D eigenvalue weighted by atomic mass is 19.1. The first-order valence-corrected chi connectivity index (χ1v) is 12.0. The standard InChI is InChI=1S/C17H23N5.C8H13F.C2H6/c1-14-13-19-16(15-7-4-3-5-8-18-15)20-17(14)22-10-6-9-21(2)11-12-22;1-3-4-5-6-8(2)7-9;1-2/h3-4,7-8,13H,5-6,9-12H2,1-2H3;3-4,6H,5,7H2,1-2H3;1-2H3/b;4-3-,8-6-;. The van der Waals surface area contributed by atoms with Crippen LogP contribution in [0.4, 0.5) is 10.2 Å². The highest BCUT2D eigenvalue weighted by Gasteiger charge is 2.17. The van der Waals surface area contributed by atoms with Gasteiger partial charge in [0.15, 0.2) is 5.82 Å². The average molecular weight is 456 g/mol. The largest absolute Gasteiger partial charge is 0.355 e. The van der Waals surface area contributed by atoms with Gasteiger partial charge in [0.2, 0.25) is 0 Å². The van der Waals surface area contributed by atoms with Crippen molar-refractivity contribution in [3.8, 4) is 0 Å². The van der Waals surface area contributed by atoms with Crippen LogP contribution in [0.2, 0.25) is 0 Å². The lowest BCUT2D eigenvalue weighted by Crippen LogP contribution is -2.30. The number of aliphatic imine (C=N–C) groups is 1. The molecule has 0 unspecified atom stereocenters. The van der Waals surface area contributed by atoms with Crippen molar-refractivity contribution >= 4 is 17.7 Å². The first-order valence-electron chi connectivity index (χ1n) is 12.0. The van der Waals surface area contributed by atoms with Crippen LogP contribution in [-0.4, -0.2) is 61.0 Å². The highest BCUT2D eigenvalue weighted by molar-refractivity contribution is 5.74. The molecule has 3 rings (SSSR count). The highest BCUT2D eigenvalue weighted by Crippen LogP contribution is 2.22. The van der Waals surface area contributed by atoms with Crippen molar-refractivity contribution in [2.75, 3.05) is 44.8 Å². The fourth-order valence-corrected chi connectivity index (χ4v) is 3.22. The number of hydrogen-bond donors (Lipinski definition) is 0. The van der Waals surface area contributed by atoms with Gasteiger partial charge < -0.3 is 9.80 Å². The molecule has 1 saturated heterocycles. The molecule has 0 N–H and O–H groups in total. The Balaban J connectivity index is 0.000000420. The maximum Gasteiger partial charge on any atom is 0.180 e. The molecule has 5 nitrogen and oxygen atoms in total. The Bertz CT molecular complexity index is 839. The minimum Gasteiger partial charge on any atom is -0.355 e. The van der Waals surface area contributed by atoms with Crippen LogP contribution in [0.25, 0.3) is 5.70 Å². The van der Waals surface area contributed by atoms with E-state index in [1.807, 2.05) is 63.6 Å². The van der Waals surface area contributed by atoms with E-state index in [2.05, 4.69) is 39.8 Å². The van der Waals surface area contributed by atoms with Crippen molar-refractivity contribution in [1.82, 2.24) is 14.9 Å². The van der Waals surface area contributed by atoms with Gasteiger partial charge in [0.25, 0.3) is 0 Å². The van der Waals surface area contributed by atoms with Crippen molar-refractivity contribution in [3.05, 3.63) is 59.6 Å². The Morgan fingerprint density at radius 1 is 1.18 bits per heavy atom. The summed E-state index contributed by atoms with van der Waals surface area (Å²) in [6.45, 7) is 13.8. The number of hydrogen-bond acceptors (Lipinski definition) is 5. The van der Waals surface area contributed by atoms with E-state index in [4.69, 9.17) is 4.98 Å². The van der Waals surface area contributed by atoms with E-state index in [9.17, 15) is 4.39 Å². The van der Waals surface area contributed by atoms with E-state index < -0.39 is 0 Å². The van der Waals surface area contributed by atoms with E-state index >= 15 is 0 Å². The Morgan fingerprint density at radius 3 is 2.70 bits per heavy atom. The number of likely N-dealkylation sites (N-methyl/N-ethyl adjacent to an activating group) is 1. The van der Waals surface area contributed by atoms with Crippen LogP contribution < -0.4 is 4.90 Å². The first-order chi connectivity index (χ1) is 16.0. The van der Waals surface area contributed by atoms with Crippen LogP contribution >= 0.6 is 0 Å². The van der Waals surface area contributed by atoms with E-state index in [-0.39, 0.29) is 6.67 Å².